The Labute approximate surface area is 117 Å². The monoisotopic (exact) mass is 295 g/mol. The van der Waals surface area contributed by atoms with Gasteiger partial charge in [-0.1, -0.05) is 20.8 Å². The summed E-state index contributed by atoms with van der Waals surface area (Å²) >= 11 is 0. The third-order valence-corrected chi connectivity index (χ3v) is 3.99. The fourth-order valence-electron chi connectivity index (χ4n) is 2.53. The Kier molecular flexibility index (Phi) is 5.42. The highest BCUT2D eigenvalue weighted by Crippen LogP contribution is 2.41. The molecule has 0 heterocycles. The molecular formula is C14H21F4NO. The van der Waals surface area contributed by atoms with E-state index in [0.29, 0.717) is 12.8 Å². The number of alkyl halides is 4. The SMILES string of the molecule is CC(C)(C)C1CCC(C#N)C(OCC(F)(F)C(F)F)C1. The van der Waals surface area contributed by atoms with Crippen molar-refractivity contribution in [3.63, 3.8) is 0 Å². The van der Waals surface area contributed by atoms with Crippen LogP contribution in [0.4, 0.5) is 17.6 Å². The molecule has 1 rings (SSSR count). The zero-order valence-electron chi connectivity index (χ0n) is 12.0. The van der Waals surface area contributed by atoms with Crippen LogP contribution in [0, 0.1) is 28.6 Å². The van der Waals surface area contributed by atoms with Gasteiger partial charge in [0, 0.05) is 0 Å². The maximum atomic E-state index is 12.9. The van der Waals surface area contributed by atoms with E-state index >= 15 is 0 Å². The van der Waals surface area contributed by atoms with Crippen LogP contribution in [0.15, 0.2) is 0 Å². The van der Waals surface area contributed by atoms with Crippen LogP contribution < -0.4 is 0 Å². The molecule has 0 aliphatic heterocycles. The second kappa shape index (κ2) is 6.30. The number of halogens is 4. The van der Waals surface area contributed by atoms with E-state index < -0.39 is 31.0 Å². The maximum absolute atomic E-state index is 12.9. The average molecular weight is 295 g/mol. The lowest BCUT2D eigenvalue weighted by atomic mass is 9.69. The molecule has 0 aromatic rings. The molecule has 1 fully saturated rings. The van der Waals surface area contributed by atoms with E-state index in [1.165, 1.54) is 0 Å². The second-order valence-corrected chi connectivity index (χ2v) is 6.52. The van der Waals surface area contributed by atoms with Crippen molar-refractivity contribution in [2.75, 3.05) is 6.61 Å². The predicted octanol–water partition coefficient (Wildman–Crippen LogP) is 4.26. The molecule has 3 unspecified atom stereocenters. The van der Waals surface area contributed by atoms with Gasteiger partial charge in [0.05, 0.1) is 18.1 Å². The van der Waals surface area contributed by atoms with E-state index in [4.69, 9.17) is 10.00 Å². The molecular weight excluding hydrogens is 274 g/mol. The lowest BCUT2D eigenvalue weighted by molar-refractivity contribution is -0.184. The Morgan fingerprint density at radius 3 is 2.30 bits per heavy atom. The first-order valence-electron chi connectivity index (χ1n) is 6.75. The van der Waals surface area contributed by atoms with Crippen LogP contribution >= 0.6 is 0 Å². The zero-order valence-corrected chi connectivity index (χ0v) is 12.0. The minimum Gasteiger partial charge on any atom is -0.370 e. The highest BCUT2D eigenvalue weighted by molar-refractivity contribution is 4.96. The topological polar surface area (TPSA) is 33.0 Å². The molecule has 20 heavy (non-hydrogen) atoms. The molecule has 0 amide bonds. The third-order valence-electron chi connectivity index (χ3n) is 3.99. The lowest BCUT2D eigenvalue weighted by Gasteiger charge is -2.39. The number of nitrogens with zero attached hydrogens (tertiary/aromatic N) is 1. The molecule has 0 saturated heterocycles. The molecule has 6 heteroatoms. The van der Waals surface area contributed by atoms with Crippen molar-refractivity contribution < 1.29 is 22.3 Å². The normalized spacial score (nSPS) is 28.4. The summed E-state index contributed by atoms with van der Waals surface area (Å²) in [5.74, 6) is -4.42. The van der Waals surface area contributed by atoms with E-state index in [0.717, 1.165) is 6.42 Å². The summed E-state index contributed by atoms with van der Waals surface area (Å²) in [5.41, 5.74) is -0.0206. The number of ether oxygens (including phenoxy) is 1. The Morgan fingerprint density at radius 1 is 1.25 bits per heavy atom. The van der Waals surface area contributed by atoms with Gasteiger partial charge in [0.25, 0.3) is 0 Å². The second-order valence-electron chi connectivity index (χ2n) is 6.52. The van der Waals surface area contributed by atoms with Crippen molar-refractivity contribution in [3.05, 3.63) is 0 Å². The van der Waals surface area contributed by atoms with Gasteiger partial charge in [-0.2, -0.15) is 14.0 Å². The van der Waals surface area contributed by atoms with Gasteiger partial charge in [-0.25, -0.2) is 8.78 Å². The van der Waals surface area contributed by atoms with Gasteiger partial charge in [-0.3, -0.25) is 0 Å². The van der Waals surface area contributed by atoms with Crippen molar-refractivity contribution in [2.45, 2.75) is 58.5 Å². The molecule has 0 N–H and O–H groups in total. The first kappa shape index (κ1) is 17.2. The lowest BCUT2D eigenvalue weighted by Crippen LogP contribution is -2.40. The standard InChI is InChI=1S/C14H21F4NO/c1-13(2,3)10-5-4-9(7-19)11(6-10)20-8-14(17,18)12(15)16/h9-12H,4-6,8H2,1-3H3. The summed E-state index contributed by atoms with van der Waals surface area (Å²) in [4.78, 5) is 0. The fourth-order valence-corrected chi connectivity index (χ4v) is 2.53. The van der Waals surface area contributed by atoms with Gasteiger partial charge >= 0.3 is 12.3 Å². The molecule has 0 radical (unpaired) electrons. The Bertz CT molecular complexity index is 359. The van der Waals surface area contributed by atoms with E-state index in [9.17, 15) is 17.6 Å². The first-order valence-corrected chi connectivity index (χ1v) is 6.75. The highest BCUT2D eigenvalue weighted by atomic mass is 19.3. The summed E-state index contributed by atoms with van der Waals surface area (Å²) in [6.07, 6.45) is -2.59. The molecule has 3 atom stereocenters. The maximum Gasteiger partial charge on any atom is 0.330 e. The third kappa shape index (κ3) is 4.34. The van der Waals surface area contributed by atoms with Gasteiger partial charge < -0.3 is 4.74 Å². The molecule has 1 aliphatic rings. The number of nitriles is 1. The smallest absolute Gasteiger partial charge is 0.330 e. The summed E-state index contributed by atoms with van der Waals surface area (Å²) in [5, 5.41) is 9.02. The first-order chi connectivity index (χ1) is 9.08. The zero-order chi connectivity index (χ0) is 15.6. The van der Waals surface area contributed by atoms with Crippen molar-refractivity contribution in [2.24, 2.45) is 17.3 Å². The van der Waals surface area contributed by atoms with Crippen LogP contribution in [-0.2, 0) is 4.74 Å². The molecule has 0 aromatic heterocycles. The van der Waals surface area contributed by atoms with Crippen LogP contribution in [-0.4, -0.2) is 25.1 Å². The summed E-state index contributed by atoms with van der Waals surface area (Å²) in [7, 11) is 0. The van der Waals surface area contributed by atoms with E-state index in [2.05, 4.69) is 0 Å². The van der Waals surface area contributed by atoms with Crippen LogP contribution in [0.25, 0.3) is 0 Å². The van der Waals surface area contributed by atoms with Crippen LogP contribution in [0.3, 0.4) is 0 Å². The minimum absolute atomic E-state index is 0.0206. The van der Waals surface area contributed by atoms with Crippen LogP contribution in [0.1, 0.15) is 40.0 Å². The highest BCUT2D eigenvalue weighted by Gasteiger charge is 2.43. The van der Waals surface area contributed by atoms with Crippen molar-refractivity contribution in [1.29, 1.82) is 5.26 Å². The van der Waals surface area contributed by atoms with Crippen molar-refractivity contribution in [3.8, 4) is 6.07 Å². The van der Waals surface area contributed by atoms with Gasteiger partial charge in [0.15, 0.2) is 0 Å². The molecule has 2 nitrogen and oxygen atoms in total. The molecule has 1 saturated carbocycles. The Balaban J connectivity index is 2.67. The quantitative estimate of drug-likeness (QED) is 0.726. The summed E-state index contributed by atoms with van der Waals surface area (Å²) < 4.78 is 55.0. The molecule has 116 valence electrons. The predicted molar refractivity (Wildman–Crippen MR) is 66.6 cm³/mol. The van der Waals surface area contributed by atoms with Gasteiger partial charge in [-0.05, 0) is 30.6 Å². The van der Waals surface area contributed by atoms with E-state index in [-0.39, 0.29) is 11.3 Å². The minimum atomic E-state index is -4.16. The van der Waals surface area contributed by atoms with Crippen LogP contribution in [0.5, 0.6) is 0 Å². The fraction of sp³-hybridized carbons (Fsp3) is 0.929. The van der Waals surface area contributed by atoms with E-state index in [1.54, 1.807) is 0 Å². The molecule has 0 bridgehead atoms. The summed E-state index contributed by atoms with van der Waals surface area (Å²) in [6, 6.07) is 2.03. The largest absolute Gasteiger partial charge is 0.370 e. The number of hydrogen-bond donors (Lipinski definition) is 0. The number of hydrogen-bond acceptors (Lipinski definition) is 2. The summed E-state index contributed by atoms with van der Waals surface area (Å²) in [6.45, 7) is 4.78. The Morgan fingerprint density at radius 2 is 1.85 bits per heavy atom. The molecule has 1 aliphatic carbocycles. The van der Waals surface area contributed by atoms with E-state index in [1.807, 2.05) is 26.8 Å². The molecule has 0 aromatic carbocycles. The van der Waals surface area contributed by atoms with Gasteiger partial charge in [-0.15, -0.1) is 0 Å². The van der Waals surface area contributed by atoms with Gasteiger partial charge in [0.1, 0.15) is 6.61 Å². The molecule has 0 spiro atoms. The Hall–Kier alpha value is -0.830. The van der Waals surface area contributed by atoms with Gasteiger partial charge in [0.2, 0.25) is 0 Å². The number of rotatable bonds is 4. The average Bonchev–Trinajstić information content (AvgIpc) is 2.34. The van der Waals surface area contributed by atoms with Crippen molar-refractivity contribution in [1.82, 2.24) is 0 Å². The van der Waals surface area contributed by atoms with Crippen LogP contribution in [0.2, 0.25) is 0 Å². The van der Waals surface area contributed by atoms with Crippen molar-refractivity contribution >= 4 is 0 Å².